The molecule has 6 heteroatoms. The maximum Gasteiger partial charge on any atom is 0.189 e. The quantitative estimate of drug-likeness (QED) is 0.573. The Kier molecular flexibility index (Phi) is 6.07. The van der Waals surface area contributed by atoms with E-state index in [4.69, 9.17) is 29.4 Å². The van der Waals surface area contributed by atoms with E-state index in [9.17, 15) is 0 Å². The first-order valence-corrected chi connectivity index (χ1v) is 6.57. The highest BCUT2D eigenvalue weighted by atomic mass is 16.7. The van der Waals surface area contributed by atoms with Crippen LogP contribution in [0.4, 0.5) is 5.69 Å². The number of nitrogens with two attached hydrogens (primary N) is 1. The standard InChI is InChI=1S/C14H21NO5/c1-16-2-3-17-4-5-18-8-11-6-13(15)7-12-9-19-10-20-14(11)12/h6-7H,2-5,8-10,15H2,1H3. The molecule has 0 bridgehead atoms. The molecule has 0 saturated heterocycles. The summed E-state index contributed by atoms with van der Waals surface area (Å²) in [5.41, 5.74) is 8.46. The number of benzene rings is 1. The Bertz CT molecular complexity index is 424. The zero-order valence-corrected chi connectivity index (χ0v) is 11.7. The molecule has 1 aliphatic heterocycles. The molecule has 1 heterocycles. The Morgan fingerprint density at radius 3 is 2.80 bits per heavy atom. The topological polar surface area (TPSA) is 72.2 Å². The van der Waals surface area contributed by atoms with Crippen LogP contribution in [0, 0.1) is 0 Å². The number of rotatable bonds is 8. The largest absolute Gasteiger partial charge is 0.467 e. The molecule has 20 heavy (non-hydrogen) atoms. The van der Waals surface area contributed by atoms with Crippen molar-refractivity contribution in [3.05, 3.63) is 23.3 Å². The highest BCUT2D eigenvalue weighted by Gasteiger charge is 2.16. The van der Waals surface area contributed by atoms with Crippen LogP contribution >= 0.6 is 0 Å². The van der Waals surface area contributed by atoms with Crippen LogP contribution in [0.3, 0.4) is 0 Å². The summed E-state index contributed by atoms with van der Waals surface area (Å²) in [4.78, 5) is 0. The first kappa shape index (κ1) is 15.1. The molecule has 112 valence electrons. The van der Waals surface area contributed by atoms with Gasteiger partial charge in [0.05, 0.1) is 39.6 Å². The number of methoxy groups -OCH3 is 1. The van der Waals surface area contributed by atoms with Crippen molar-refractivity contribution in [1.29, 1.82) is 0 Å². The lowest BCUT2D eigenvalue weighted by molar-refractivity contribution is -0.0194. The van der Waals surface area contributed by atoms with Gasteiger partial charge in [-0.2, -0.15) is 0 Å². The van der Waals surface area contributed by atoms with Gasteiger partial charge in [-0.15, -0.1) is 0 Å². The van der Waals surface area contributed by atoms with Crippen molar-refractivity contribution < 1.29 is 23.7 Å². The van der Waals surface area contributed by atoms with Crippen LogP contribution in [0.1, 0.15) is 11.1 Å². The predicted molar refractivity (Wildman–Crippen MR) is 73.5 cm³/mol. The fourth-order valence-corrected chi connectivity index (χ4v) is 1.98. The van der Waals surface area contributed by atoms with Gasteiger partial charge in [0.2, 0.25) is 0 Å². The van der Waals surface area contributed by atoms with Gasteiger partial charge in [-0.3, -0.25) is 0 Å². The van der Waals surface area contributed by atoms with Crippen molar-refractivity contribution >= 4 is 5.69 Å². The zero-order valence-electron chi connectivity index (χ0n) is 11.7. The number of fused-ring (bicyclic) bond motifs is 1. The second-order valence-electron chi connectivity index (χ2n) is 4.44. The molecule has 0 spiro atoms. The first-order chi connectivity index (χ1) is 9.81. The molecule has 1 aromatic carbocycles. The lowest BCUT2D eigenvalue weighted by Crippen LogP contribution is -2.14. The van der Waals surface area contributed by atoms with Gasteiger partial charge in [0.1, 0.15) is 5.75 Å². The zero-order chi connectivity index (χ0) is 14.2. The molecule has 1 aromatic rings. The minimum Gasteiger partial charge on any atom is -0.467 e. The number of nitrogen functional groups attached to an aromatic ring is 1. The molecule has 1 aliphatic rings. The summed E-state index contributed by atoms with van der Waals surface area (Å²) in [7, 11) is 1.65. The number of anilines is 1. The van der Waals surface area contributed by atoms with Crippen LogP contribution in [0.5, 0.6) is 5.75 Å². The number of hydrogen-bond acceptors (Lipinski definition) is 6. The molecule has 0 aromatic heterocycles. The molecular formula is C14H21NO5. The van der Waals surface area contributed by atoms with E-state index in [1.807, 2.05) is 12.1 Å². The smallest absolute Gasteiger partial charge is 0.189 e. The van der Waals surface area contributed by atoms with Crippen LogP contribution in [-0.4, -0.2) is 40.3 Å². The summed E-state index contributed by atoms with van der Waals surface area (Å²) in [6.45, 7) is 3.46. The Hall–Kier alpha value is -1.34. The summed E-state index contributed by atoms with van der Waals surface area (Å²) < 4.78 is 26.5. The molecule has 0 radical (unpaired) electrons. The van der Waals surface area contributed by atoms with E-state index in [0.29, 0.717) is 45.3 Å². The minimum absolute atomic E-state index is 0.268. The second kappa shape index (κ2) is 8.06. The van der Waals surface area contributed by atoms with Crippen molar-refractivity contribution in [3.8, 4) is 5.75 Å². The SMILES string of the molecule is COCCOCCOCc1cc(N)cc2c1OCOC2. The summed E-state index contributed by atoms with van der Waals surface area (Å²) in [6.07, 6.45) is 0. The van der Waals surface area contributed by atoms with E-state index < -0.39 is 0 Å². The van der Waals surface area contributed by atoms with Crippen molar-refractivity contribution in [2.75, 3.05) is 46.1 Å². The maximum absolute atomic E-state index is 5.86. The van der Waals surface area contributed by atoms with Crippen molar-refractivity contribution in [2.45, 2.75) is 13.2 Å². The Balaban J connectivity index is 1.79. The van der Waals surface area contributed by atoms with Crippen LogP contribution in [0.15, 0.2) is 12.1 Å². The molecule has 2 rings (SSSR count). The fraction of sp³-hybridized carbons (Fsp3) is 0.571. The Morgan fingerprint density at radius 1 is 1.15 bits per heavy atom. The van der Waals surface area contributed by atoms with E-state index in [1.54, 1.807) is 7.11 Å². The highest BCUT2D eigenvalue weighted by molar-refractivity contribution is 5.53. The van der Waals surface area contributed by atoms with E-state index >= 15 is 0 Å². The monoisotopic (exact) mass is 283 g/mol. The Labute approximate surface area is 118 Å². The third kappa shape index (κ3) is 4.35. The van der Waals surface area contributed by atoms with E-state index in [0.717, 1.165) is 16.9 Å². The minimum atomic E-state index is 0.268. The number of ether oxygens (including phenoxy) is 5. The third-order valence-electron chi connectivity index (χ3n) is 2.87. The van der Waals surface area contributed by atoms with E-state index in [1.165, 1.54) is 0 Å². The van der Waals surface area contributed by atoms with Gasteiger partial charge in [-0.1, -0.05) is 0 Å². The lowest BCUT2D eigenvalue weighted by atomic mass is 10.1. The summed E-state index contributed by atoms with van der Waals surface area (Å²) in [6, 6.07) is 3.74. The molecule has 0 aliphatic carbocycles. The van der Waals surface area contributed by atoms with Gasteiger partial charge < -0.3 is 29.4 Å². The molecule has 0 fully saturated rings. The van der Waals surface area contributed by atoms with Gasteiger partial charge in [0.25, 0.3) is 0 Å². The molecule has 0 unspecified atom stereocenters. The summed E-state index contributed by atoms with van der Waals surface area (Å²) >= 11 is 0. The van der Waals surface area contributed by atoms with Crippen LogP contribution < -0.4 is 10.5 Å². The normalized spacial score (nSPS) is 13.8. The number of hydrogen-bond donors (Lipinski definition) is 1. The lowest BCUT2D eigenvalue weighted by Gasteiger charge is -2.21. The van der Waals surface area contributed by atoms with Gasteiger partial charge in [0.15, 0.2) is 6.79 Å². The molecule has 0 atom stereocenters. The average molecular weight is 283 g/mol. The third-order valence-corrected chi connectivity index (χ3v) is 2.87. The van der Waals surface area contributed by atoms with Gasteiger partial charge in [-0.25, -0.2) is 0 Å². The van der Waals surface area contributed by atoms with Gasteiger partial charge >= 0.3 is 0 Å². The summed E-state index contributed by atoms with van der Waals surface area (Å²) in [5, 5.41) is 0. The van der Waals surface area contributed by atoms with E-state index in [-0.39, 0.29) is 6.79 Å². The summed E-state index contributed by atoms with van der Waals surface area (Å²) in [5.74, 6) is 0.825. The van der Waals surface area contributed by atoms with Crippen LogP contribution in [-0.2, 0) is 32.2 Å². The molecule has 6 nitrogen and oxygen atoms in total. The van der Waals surface area contributed by atoms with Crippen molar-refractivity contribution in [1.82, 2.24) is 0 Å². The first-order valence-electron chi connectivity index (χ1n) is 6.57. The second-order valence-corrected chi connectivity index (χ2v) is 4.44. The van der Waals surface area contributed by atoms with Crippen LogP contribution in [0.25, 0.3) is 0 Å². The Morgan fingerprint density at radius 2 is 1.95 bits per heavy atom. The van der Waals surface area contributed by atoms with E-state index in [2.05, 4.69) is 0 Å². The van der Waals surface area contributed by atoms with Gasteiger partial charge in [0, 0.05) is 23.9 Å². The van der Waals surface area contributed by atoms with Crippen molar-refractivity contribution in [2.24, 2.45) is 0 Å². The van der Waals surface area contributed by atoms with Gasteiger partial charge in [-0.05, 0) is 12.1 Å². The predicted octanol–water partition coefficient (Wildman–Crippen LogP) is 1.31. The average Bonchev–Trinajstić information content (AvgIpc) is 2.46. The van der Waals surface area contributed by atoms with Crippen molar-refractivity contribution in [3.63, 3.8) is 0 Å². The van der Waals surface area contributed by atoms with Crippen LogP contribution in [0.2, 0.25) is 0 Å². The molecule has 2 N–H and O–H groups in total. The fourth-order valence-electron chi connectivity index (χ4n) is 1.98. The highest BCUT2D eigenvalue weighted by Crippen LogP contribution is 2.31. The molecule has 0 amide bonds. The maximum atomic E-state index is 5.86. The molecular weight excluding hydrogens is 262 g/mol. The molecule has 0 saturated carbocycles.